The van der Waals surface area contributed by atoms with E-state index in [0.29, 0.717) is 18.3 Å². The Kier molecular flexibility index (Phi) is 7.63. The quantitative estimate of drug-likeness (QED) is 0.598. The molecule has 1 aliphatic carbocycles. The highest BCUT2D eigenvalue weighted by atomic mass is 16.6. The summed E-state index contributed by atoms with van der Waals surface area (Å²) in [4.78, 5) is 30.7. The van der Waals surface area contributed by atoms with Crippen molar-refractivity contribution in [2.75, 3.05) is 18.5 Å². The molecule has 1 aromatic carbocycles. The summed E-state index contributed by atoms with van der Waals surface area (Å²) in [6.07, 6.45) is 5.83. The summed E-state index contributed by atoms with van der Waals surface area (Å²) in [6, 6.07) is 7.67. The first-order valence-corrected chi connectivity index (χ1v) is 9.35. The Labute approximate surface area is 155 Å². The van der Waals surface area contributed by atoms with Gasteiger partial charge >= 0.3 is 0 Å². The molecule has 0 heterocycles. The third-order valence-electron chi connectivity index (χ3n) is 4.69. The van der Waals surface area contributed by atoms with Crippen molar-refractivity contribution < 1.29 is 14.4 Å². The van der Waals surface area contributed by atoms with E-state index in [4.69, 9.17) is 4.84 Å². The molecule has 0 aromatic heterocycles. The molecular formula is C20H29N3O3. The fourth-order valence-electron chi connectivity index (χ4n) is 3.35. The van der Waals surface area contributed by atoms with Crippen LogP contribution in [0.1, 0.15) is 58.4 Å². The van der Waals surface area contributed by atoms with E-state index in [2.05, 4.69) is 10.5 Å². The molecule has 1 fully saturated rings. The molecule has 0 aliphatic heterocycles. The maximum atomic E-state index is 12.4. The maximum absolute atomic E-state index is 12.4. The summed E-state index contributed by atoms with van der Waals surface area (Å²) in [5.74, 6) is -0.111. The summed E-state index contributed by atoms with van der Waals surface area (Å²) in [7, 11) is 0. The van der Waals surface area contributed by atoms with Gasteiger partial charge in [0.15, 0.2) is 6.61 Å². The van der Waals surface area contributed by atoms with Gasteiger partial charge in [-0.2, -0.15) is 0 Å². The molecule has 1 aliphatic rings. The Morgan fingerprint density at radius 2 is 1.81 bits per heavy atom. The van der Waals surface area contributed by atoms with Crippen LogP contribution in [0.2, 0.25) is 0 Å². The molecule has 142 valence electrons. The van der Waals surface area contributed by atoms with Gasteiger partial charge in [0.1, 0.15) is 0 Å². The monoisotopic (exact) mass is 359 g/mol. The minimum absolute atomic E-state index is 0.00282. The highest BCUT2D eigenvalue weighted by Crippen LogP contribution is 2.22. The van der Waals surface area contributed by atoms with Gasteiger partial charge in [-0.1, -0.05) is 36.6 Å². The van der Waals surface area contributed by atoms with Gasteiger partial charge in [0.25, 0.3) is 5.91 Å². The number of hydrogen-bond donors (Lipinski definition) is 1. The third-order valence-corrected chi connectivity index (χ3v) is 4.69. The second-order valence-electron chi connectivity index (χ2n) is 6.68. The van der Waals surface area contributed by atoms with Crippen molar-refractivity contribution in [3.8, 4) is 0 Å². The second kappa shape index (κ2) is 9.94. The Bertz CT molecular complexity index is 634. The average Bonchev–Trinajstić information content (AvgIpc) is 2.63. The fourth-order valence-corrected chi connectivity index (χ4v) is 3.35. The van der Waals surface area contributed by atoms with E-state index in [0.717, 1.165) is 24.1 Å². The van der Waals surface area contributed by atoms with E-state index in [1.807, 2.05) is 43.0 Å². The van der Waals surface area contributed by atoms with Gasteiger partial charge in [-0.3, -0.25) is 9.59 Å². The zero-order valence-corrected chi connectivity index (χ0v) is 16.0. The van der Waals surface area contributed by atoms with Crippen LogP contribution in [-0.4, -0.2) is 41.6 Å². The number of nitrogens with one attached hydrogen (secondary N) is 1. The van der Waals surface area contributed by atoms with E-state index in [9.17, 15) is 9.59 Å². The van der Waals surface area contributed by atoms with Crippen LogP contribution in [-0.2, 0) is 14.4 Å². The summed E-state index contributed by atoms with van der Waals surface area (Å²) in [5, 5.41) is 6.79. The molecule has 0 radical (unpaired) electrons. The van der Waals surface area contributed by atoms with Crippen LogP contribution in [0.15, 0.2) is 29.4 Å². The van der Waals surface area contributed by atoms with Crippen molar-refractivity contribution in [2.24, 2.45) is 5.16 Å². The van der Waals surface area contributed by atoms with Crippen molar-refractivity contribution in [1.29, 1.82) is 0 Å². The lowest BCUT2D eigenvalue weighted by atomic mass is 9.94. The molecule has 0 saturated heterocycles. The molecule has 2 rings (SSSR count). The van der Waals surface area contributed by atoms with Gasteiger partial charge in [-0.05, 0) is 44.4 Å². The van der Waals surface area contributed by atoms with Crippen LogP contribution in [0.5, 0.6) is 0 Å². The first-order chi connectivity index (χ1) is 12.5. The van der Waals surface area contributed by atoms with Gasteiger partial charge in [0.05, 0.1) is 5.71 Å². The number of rotatable bonds is 7. The molecule has 1 saturated carbocycles. The molecule has 6 nitrogen and oxygen atoms in total. The zero-order valence-electron chi connectivity index (χ0n) is 16.0. The summed E-state index contributed by atoms with van der Waals surface area (Å²) in [5.41, 5.74) is 2.30. The number of carbonyl (C=O) groups excluding carboxylic acids is 2. The first kappa shape index (κ1) is 19.9. The van der Waals surface area contributed by atoms with Crippen molar-refractivity contribution in [2.45, 2.75) is 58.9 Å². The number of amides is 2. The molecular weight excluding hydrogens is 330 g/mol. The van der Waals surface area contributed by atoms with Crippen LogP contribution in [0.3, 0.4) is 0 Å². The molecule has 1 N–H and O–H groups in total. The summed E-state index contributed by atoms with van der Waals surface area (Å²) >= 11 is 0. The van der Waals surface area contributed by atoms with E-state index >= 15 is 0 Å². The lowest BCUT2D eigenvalue weighted by Gasteiger charge is -2.33. The molecule has 0 unspecified atom stereocenters. The van der Waals surface area contributed by atoms with Gasteiger partial charge < -0.3 is 15.1 Å². The van der Waals surface area contributed by atoms with E-state index in [1.54, 1.807) is 0 Å². The van der Waals surface area contributed by atoms with E-state index < -0.39 is 0 Å². The van der Waals surface area contributed by atoms with Crippen LogP contribution >= 0.6 is 0 Å². The van der Waals surface area contributed by atoms with Crippen molar-refractivity contribution in [1.82, 2.24) is 4.90 Å². The van der Waals surface area contributed by atoms with Gasteiger partial charge in [-0.25, -0.2) is 0 Å². The molecule has 1 aromatic rings. The highest BCUT2D eigenvalue weighted by Gasteiger charge is 2.24. The van der Waals surface area contributed by atoms with Crippen molar-refractivity contribution in [3.63, 3.8) is 0 Å². The summed E-state index contributed by atoms with van der Waals surface area (Å²) in [6.45, 7) is 5.98. The molecule has 0 atom stereocenters. The highest BCUT2D eigenvalue weighted by molar-refractivity contribution is 5.99. The Balaban J connectivity index is 1.87. The van der Waals surface area contributed by atoms with E-state index in [-0.39, 0.29) is 18.4 Å². The normalized spacial score (nSPS) is 15.4. The Morgan fingerprint density at radius 3 is 2.38 bits per heavy atom. The van der Waals surface area contributed by atoms with Crippen LogP contribution in [0.4, 0.5) is 5.69 Å². The van der Waals surface area contributed by atoms with Crippen LogP contribution in [0, 0.1) is 0 Å². The number of anilines is 1. The largest absolute Gasteiger partial charge is 0.385 e. The van der Waals surface area contributed by atoms with Crippen molar-refractivity contribution in [3.05, 3.63) is 29.8 Å². The fraction of sp³-hybridized carbons (Fsp3) is 0.550. The van der Waals surface area contributed by atoms with Gasteiger partial charge in [0.2, 0.25) is 5.91 Å². The van der Waals surface area contributed by atoms with Crippen LogP contribution in [0.25, 0.3) is 0 Å². The van der Waals surface area contributed by atoms with Gasteiger partial charge in [0, 0.05) is 25.2 Å². The predicted octanol–water partition coefficient (Wildman–Crippen LogP) is 3.57. The lowest BCUT2D eigenvalue weighted by Crippen LogP contribution is -2.42. The lowest BCUT2D eigenvalue weighted by molar-refractivity contribution is -0.138. The topological polar surface area (TPSA) is 71.0 Å². The predicted molar refractivity (Wildman–Crippen MR) is 103 cm³/mol. The number of carbonyl (C=O) groups is 2. The third kappa shape index (κ3) is 5.86. The Hall–Kier alpha value is -2.37. The standard InChI is InChI=1S/C20H29N3O3/c1-4-23(19-8-6-5-7-9-19)20(25)14-26-22-15(2)17-10-12-18(13-11-17)21-16(3)24/h10-13,19H,4-9,14H2,1-3H3,(H,21,24)/b22-15+. The SMILES string of the molecule is CCN(C(=O)CO/N=C(\C)c1ccc(NC(C)=O)cc1)C1CCCCC1. The minimum Gasteiger partial charge on any atom is -0.385 e. The molecule has 0 spiro atoms. The number of nitrogens with zero attached hydrogens (tertiary/aromatic N) is 2. The van der Waals surface area contributed by atoms with E-state index in [1.165, 1.54) is 26.2 Å². The molecule has 2 amide bonds. The van der Waals surface area contributed by atoms with Crippen molar-refractivity contribution >= 4 is 23.2 Å². The minimum atomic E-state index is -0.108. The molecule has 26 heavy (non-hydrogen) atoms. The number of hydrogen-bond acceptors (Lipinski definition) is 4. The molecule has 6 heteroatoms. The first-order valence-electron chi connectivity index (χ1n) is 9.35. The second-order valence-corrected chi connectivity index (χ2v) is 6.68. The number of oxime groups is 1. The number of benzene rings is 1. The maximum Gasteiger partial charge on any atom is 0.263 e. The Morgan fingerprint density at radius 1 is 1.15 bits per heavy atom. The smallest absolute Gasteiger partial charge is 0.263 e. The van der Waals surface area contributed by atoms with Crippen LogP contribution < -0.4 is 5.32 Å². The summed E-state index contributed by atoms with van der Waals surface area (Å²) < 4.78 is 0. The zero-order chi connectivity index (χ0) is 18.9. The van der Waals surface area contributed by atoms with Gasteiger partial charge in [-0.15, -0.1) is 0 Å². The average molecular weight is 359 g/mol. The molecule has 0 bridgehead atoms. The number of likely N-dealkylation sites (N-methyl/N-ethyl adjacent to an activating group) is 1.